The van der Waals surface area contributed by atoms with Crippen molar-refractivity contribution in [2.45, 2.75) is 45.6 Å². The van der Waals surface area contributed by atoms with Gasteiger partial charge in [-0.3, -0.25) is 14.7 Å². The van der Waals surface area contributed by atoms with Gasteiger partial charge in [0, 0.05) is 24.3 Å². The van der Waals surface area contributed by atoms with E-state index < -0.39 is 6.04 Å². The van der Waals surface area contributed by atoms with E-state index in [1.807, 2.05) is 13.8 Å². The number of H-pyrrole nitrogens is 1. The molecular weight excluding hydrogens is 268 g/mol. The molecule has 2 N–H and O–H groups in total. The van der Waals surface area contributed by atoms with E-state index in [2.05, 4.69) is 15.5 Å². The third-order valence-corrected chi connectivity index (χ3v) is 4.41. The maximum atomic E-state index is 12.9. The molecule has 0 aromatic carbocycles. The second-order valence-electron chi connectivity index (χ2n) is 6.21. The van der Waals surface area contributed by atoms with Crippen molar-refractivity contribution >= 4 is 11.8 Å². The fourth-order valence-electron chi connectivity index (χ4n) is 3.37. The lowest BCUT2D eigenvalue weighted by atomic mass is 9.94. The number of carbonyl (C=O) groups is 2. The van der Waals surface area contributed by atoms with Gasteiger partial charge in [-0.1, -0.05) is 13.8 Å². The van der Waals surface area contributed by atoms with Crippen molar-refractivity contribution in [2.75, 3.05) is 13.1 Å². The molecule has 0 spiro atoms. The van der Waals surface area contributed by atoms with Gasteiger partial charge in [0.1, 0.15) is 6.04 Å². The molecule has 1 fully saturated rings. The van der Waals surface area contributed by atoms with Crippen LogP contribution >= 0.6 is 0 Å². The lowest BCUT2D eigenvalue weighted by molar-refractivity contribution is -0.129. The minimum atomic E-state index is -0.401. The summed E-state index contributed by atoms with van der Waals surface area (Å²) in [5, 5.41) is 10.1. The van der Waals surface area contributed by atoms with Gasteiger partial charge in [0.25, 0.3) is 5.91 Å². The first kappa shape index (κ1) is 14.1. The van der Waals surface area contributed by atoms with E-state index in [1.165, 1.54) is 0 Å². The maximum Gasteiger partial charge on any atom is 0.275 e. The zero-order valence-corrected chi connectivity index (χ0v) is 12.6. The van der Waals surface area contributed by atoms with Gasteiger partial charge in [-0.25, -0.2) is 0 Å². The molecule has 6 heteroatoms. The minimum Gasteiger partial charge on any atom is -0.353 e. The Morgan fingerprint density at radius 2 is 2.10 bits per heavy atom. The quantitative estimate of drug-likeness (QED) is 0.849. The normalized spacial score (nSPS) is 22.1. The van der Waals surface area contributed by atoms with E-state index in [9.17, 15) is 9.59 Å². The van der Waals surface area contributed by atoms with Crippen LogP contribution in [0.4, 0.5) is 0 Å². The number of hydrogen-bond acceptors (Lipinski definition) is 3. The zero-order chi connectivity index (χ0) is 15.0. The minimum absolute atomic E-state index is 0.0611. The summed E-state index contributed by atoms with van der Waals surface area (Å²) in [6.45, 7) is 5.00. The molecule has 1 saturated heterocycles. The van der Waals surface area contributed by atoms with E-state index >= 15 is 0 Å². The summed E-state index contributed by atoms with van der Waals surface area (Å²) >= 11 is 0. The average Bonchev–Trinajstić information content (AvgIpc) is 2.89. The molecule has 0 saturated carbocycles. The standard InChI is InChI=1S/C15H22N4O2/c1-9(2)13-14(20)16-7-8-19(13)15(21)12-10-5-3-4-6-11(10)17-18-12/h9,13H,3-8H2,1-2H3,(H,16,20)(H,17,18)/t13-/m1/s1. The molecule has 1 aromatic heterocycles. The van der Waals surface area contributed by atoms with Crippen molar-refractivity contribution in [1.29, 1.82) is 0 Å². The smallest absolute Gasteiger partial charge is 0.275 e. The molecule has 0 unspecified atom stereocenters. The third-order valence-electron chi connectivity index (χ3n) is 4.41. The van der Waals surface area contributed by atoms with Gasteiger partial charge in [-0.2, -0.15) is 5.10 Å². The number of piperazine rings is 1. The Morgan fingerprint density at radius 3 is 2.86 bits per heavy atom. The molecular formula is C15H22N4O2. The average molecular weight is 290 g/mol. The van der Waals surface area contributed by atoms with Crippen LogP contribution in [0.2, 0.25) is 0 Å². The lowest BCUT2D eigenvalue weighted by Crippen LogP contribution is -2.59. The topological polar surface area (TPSA) is 78.1 Å². The van der Waals surface area contributed by atoms with Crippen molar-refractivity contribution in [1.82, 2.24) is 20.4 Å². The molecule has 1 aromatic rings. The van der Waals surface area contributed by atoms with Crippen molar-refractivity contribution in [3.63, 3.8) is 0 Å². The van der Waals surface area contributed by atoms with E-state index in [1.54, 1.807) is 4.90 Å². The summed E-state index contributed by atoms with van der Waals surface area (Å²) < 4.78 is 0. The summed E-state index contributed by atoms with van der Waals surface area (Å²) in [7, 11) is 0. The van der Waals surface area contributed by atoms with Gasteiger partial charge in [0.05, 0.1) is 0 Å². The predicted molar refractivity (Wildman–Crippen MR) is 77.9 cm³/mol. The highest BCUT2D eigenvalue weighted by molar-refractivity contribution is 5.98. The summed E-state index contributed by atoms with van der Waals surface area (Å²) in [5.74, 6) is -0.0824. The van der Waals surface area contributed by atoms with Gasteiger partial charge in [-0.05, 0) is 31.6 Å². The molecule has 21 heavy (non-hydrogen) atoms. The number of aromatic amines is 1. The molecule has 0 radical (unpaired) electrons. The number of rotatable bonds is 2. The Morgan fingerprint density at radius 1 is 1.33 bits per heavy atom. The van der Waals surface area contributed by atoms with Gasteiger partial charge < -0.3 is 10.2 Å². The van der Waals surface area contributed by atoms with Crippen LogP contribution in [0.1, 0.15) is 48.4 Å². The zero-order valence-electron chi connectivity index (χ0n) is 12.6. The lowest BCUT2D eigenvalue weighted by Gasteiger charge is -2.37. The highest BCUT2D eigenvalue weighted by atomic mass is 16.2. The first-order valence-corrected chi connectivity index (χ1v) is 7.74. The van der Waals surface area contributed by atoms with Crippen LogP contribution in [-0.4, -0.2) is 46.0 Å². The number of nitrogens with zero attached hydrogens (tertiary/aromatic N) is 2. The van der Waals surface area contributed by atoms with Crippen molar-refractivity contribution in [3.05, 3.63) is 17.0 Å². The van der Waals surface area contributed by atoms with Crippen LogP contribution < -0.4 is 5.32 Å². The first-order chi connectivity index (χ1) is 10.1. The van der Waals surface area contributed by atoms with Gasteiger partial charge in [0.15, 0.2) is 5.69 Å². The first-order valence-electron chi connectivity index (χ1n) is 7.74. The summed E-state index contributed by atoms with van der Waals surface area (Å²) in [5.41, 5.74) is 2.66. The Balaban J connectivity index is 1.90. The largest absolute Gasteiger partial charge is 0.353 e. The molecule has 2 heterocycles. The number of aromatic nitrogens is 2. The fourth-order valence-corrected chi connectivity index (χ4v) is 3.37. The molecule has 1 aliphatic heterocycles. The van der Waals surface area contributed by atoms with E-state index in [4.69, 9.17) is 0 Å². The number of carbonyl (C=O) groups excluding carboxylic acids is 2. The highest BCUT2D eigenvalue weighted by Gasteiger charge is 2.37. The second-order valence-corrected chi connectivity index (χ2v) is 6.21. The van der Waals surface area contributed by atoms with Crippen molar-refractivity contribution < 1.29 is 9.59 Å². The second kappa shape index (κ2) is 5.50. The Kier molecular flexibility index (Phi) is 3.69. The third kappa shape index (κ3) is 2.43. The van der Waals surface area contributed by atoms with Gasteiger partial charge in [0.2, 0.25) is 5.91 Å². The van der Waals surface area contributed by atoms with E-state index in [-0.39, 0.29) is 17.7 Å². The molecule has 1 atom stereocenters. The molecule has 6 nitrogen and oxygen atoms in total. The SMILES string of the molecule is CC(C)[C@@H]1C(=O)NCCN1C(=O)c1n[nH]c2c1CCCC2. The predicted octanol–water partition coefficient (Wildman–Crippen LogP) is 0.885. The molecule has 0 bridgehead atoms. The van der Waals surface area contributed by atoms with E-state index in [0.29, 0.717) is 18.8 Å². The van der Waals surface area contributed by atoms with Crippen LogP contribution in [0.3, 0.4) is 0 Å². The fraction of sp³-hybridized carbons (Fsp3) is 0.667. The van der Waals surface area contributed by atoms with Crippen LogP contribution in [0, 0.1) is 5.92 Å². The molecule has 3 rings (SSSR count). The van der Waals surface area contributed by atoms with Crippen LogP contribution in [0.25, 0.3) is 0 Å². The van der Waals surface area contributed by atoms with Crippen LogP contribution in [-0.2, 0) is 17.6 Å². The molecule has 2 amide bonds. The molecule has 114 valence electrons. The number of amides is 2. The maximum absolute atomic E-state index is 12.9. The Labute approximate surface area is 124 Å². The summed E-state index contributed by atoms with van der Waals surface area (Å²) in [6, 6.07) is -0.401. The van der Waals surface area contributed by atoms with Crippen molar-refractivity contribution in [2.24, 2.45) is 5.92 Å². The molecule has 1 aliphatic carbocycles. The van der Waals surface area contributed by atoms with Gasteiger partial charge >= 0.3 is 0 Å². The van der Waals surface area contributed by atoms with E-state index in [0.717, 1.165) is 36.9 Å². The monoisotopic (exact) mass is 290 g/mol. The number of fused-ring (bicyclic) bond motifs is 1. The van der Waals surface area contributed by atoms with Crippen LogP contribution in [0.15, 0.2) is 0 Å². The molecule has 2 aliphatic rings. The number of nitrogens with one attached hydrogen (secondary N) is 2. The highest BCUT2D eigenvalue weighted by Crippen LogP contribution is 2.25. The van der Waals surface area contributed by atoms with Crippen LogP contribution in [0.5, 0.6) is 0 Å². The summed E-state index contributed by atoms with van der Waals surface area (Å²) in [4.78, 5) is 26.6. The van der Waals surface area contributed by atoms with Crippen molar-refractivity contribution in [3.8, 4) is 0 Å². The Hall–Kier alpha value is -1.85. The number of hydrogen-bond donors (Lipinski definition) is 2. The number of aryl methyl sites for hydroxylation is 1. The summed E-state index contributed by atoms with van der Waals surface area (Å²) in [6.07, 6.45) is 4.10. The van der Waals surface area contributed by atoms with Gasteiger partial charge in [-0.15, -0.1) is 0 Å². The Bertz CT molecular complexity index is 564.